The molecule has 0 radical (unpaired) electrons. The second-order valence-corrected chi connectivity index (χ2v) is 21.1. The fourth-order valence-corrected chi connectivity index (χ4v) is 9.67. The van der Waals surface area contributed by atoms with Crippen LogP contribution in [0.4, 0.5) is 0 Å². The molecule has 3 heteroatoms. The van der Waals surface area contributed by atoms with Crippen molar-refractivity contribution >= 4 is 49.6 Å². The molecule has 1 aliphatic carbocycles. The van der Waals surface area contributed by atoms with Crippen LogP contribution >= 0.6 is 24.8 Å². The molecule has 0 N–H and O–H groups in total. The maximum atomic E-state index is 2.99. The number of rotatable bonds is 10. The molecule has 8 rings (SSSR count). The molecule has 2 unspecified atom stereocenters. The third kappa shape index (κ3) is 13.3. The molecule has 2 atom stereocenters. The van der Waals surface area contributed by atoms with Crippen LogP contribution in [-0.2, 0) is 47.9 Å². The first-order valence-electron chi connectivity index (χ1n) is 23.0. The molecule has 7 aromatic carbocycles. The van der Waals surface area contributed by atoms with E-state index in [9.17, 15) is 0 Å². The summed E-state index contributed by atoms with van der Waals surface area (Å²) in [6.45, 7) is 23.5. The van der Waals surface area contributed by atoms with Gasteiger partial charge in [-0.1, -0.05) is 130 Å². The Morgan fingerprint density at radius 1 is 0.562 bits per heavy atom. The van der Waals surface area contributed by atoms with Crippen LogP contribution in [0.25, 0.3) is 43.8 Å². The van der Waals surface area contributed by atoms with Crippen molar-refractivity contribution in [3.8, 4) is 22.3 Å². The van der Waals surface area contributed by atoms with Gasteiger partial charge in [-0.2, -0.15) is 6.08 Å². The molecule has 0 saturated carbocycles. The van der Waals surface area contributed by atoms with E-state index in [-0.39, 0.29) is 35.6 Å². The van der Waals surface area contributed by atoms with Crippen LogP contribution in [0.5, 0.6) is 0 Å². The van der Waals surface area contributed by atoms with Crippen molar-refractivity contribution in [2.24, 2.45) is 0 Å². The average molecular weight is 965 g/mol. The fourth-order valence-electron chi connectivity index (χ4n) is 8.66. The Kier molecular flexibility index (Phi) is 19.7. The Morgan fingerprint density at radius 3 is 1.28 bits per heavy atom. The van der Waals surface area contributed by atoms with Gasteiger partial charge >= 0.3 is 112 Å². The van der Waals surface area contributed by atoms with Gasteiger partial charge in [-0.25, -0.2) is 12.2 Å². The van der Waals surface area contributed by atoms with Crippen LogP contribution in [0.1, 0.15) is 134 Å². The molecule has 0 amide bonds. The van der Waals surface area contributed by atoms with Gasteiger partial charge in [0.15, 0.2) is 0 Å². The van der Waals surface area contributed by atoms with Gasteiger partial charge in [-0.3, -0.25) is 6.08 Å². The summed E-state index contributed by atoms with van der Waals surface area (Å²) in [6.07, 6.45) is 14.5. The van der Waals surface area contributed by atoms with E-state index in [0.717, 1.165) is 32.1 Å². The number of allylic oxidation sites excluding steroid dienone is 4. The summed E-state index contributed by atoms with van der Waals surface area (Å²) in [7, 11) is 0. The molecule has 0 bridgehead atoms. The van der Waals surface area contributed by atoms with Crippen LogP contribution in [-0.4, -0.2) is 3.21 Å². The van der Waals surface area contributed by atoms with Gasteiger partial charge in [0, 0.05) is 0 Å². The summed E-state index contributed by atoms with van der Waals surface area (Å²) < 4.78 is 1.60. The Bertz CT molecular complexity index is 2450. The molecule has 0 aromatic heterocycles. The van der Waals surface area contributed by atoms with Crippen molar-refractivity contribution in [2.45, 2.75) is 124 Å². The monoisotopic (exact) mass is 962 g/mol. The second-order valence-electron chi connectivity index (χ2n) is 19.3. The zero-order chi connectivity index (χ0) is 44.4. The van der Waals surface area contributed by atoms with Gasteiger partial charge < -0.3 is 0 Å². The van der Waals surface area contributed by atoms with Gasteiger partial charge in [-0.05, 0) is 80.0 Å². The van der Waals surface area contributed by atoms with E-state index in [1.807, 2.05) is 12.2 Å². The van der Waals surface area contributed by atoms with E-state index in [4.69, 9.17) is 0 Å². The normalized spacial score (nSPS) is 12.9. The van der Waals surface area contributed by atoms with E-state index < -0.39 is 0 Å². The van der Waals surface area contributed by atoms with Crippen LogP contribution in [0.15, 0.2) is 158 Å². The molecular weight excluding hydrogens is 895 g/mol. The van der Waals surface area contributed by atoms with Crippen LogP contribution in [0.3, 0.4) is 0 Å². The average Bonchev–Trinajstić information content (AvgIpc) is 3.97. The summed E-state index contributed by atoms with van der Waals surface area (Å²) in [6, 6.07) is 52.0. The first-order valence-corrected chi connectivity index (χ1v) is 24.2. The summed E-state index contributed by atoms with van der Waals surface area (Å²) >= 11 is 1.55. The van der Waals surface area contributed by atoms with Crippen LogP contribution in [0, 0.1) is 6.08 Å². The summed E-state index contributed by atoms with van der Waals surface area (Å²) in [5.74, 6) is 1.05. The Hall–Kier alpha value is -4.00. The Morgan fingerprint density at radius 2 is 0.953 bits per heavy atom. The maximum absolute atomic E-state index is 2.99. The van der Waals surface area contributed by atoms with Crippen molar-refractivity contribution in [1.82, 2.24) is 0 Å². The van der Waals surface area contributed by atoms with Crippen molar-refractivity contribution in [3.05, 3.63) is 197 Å². The molecule has 1 aliphatic rings. The standard InChI is InChI=1S/C41H49.C15H14.C5H5.2ClH.Zr/c1-11-26(3)30-17-13-15-19-32(30)36-22-28-21-29-23-37(33-20-16-14-18-31(33)27(4)12-2)39(41(8,9)10)25-35(29)34(28)24-38(36)40(5,6)7;1-3-8-14(9-4-1)12-7-13-15-10-5-2-6-11-15;1-2-4-5-3-1;;;/h13-27H,11-12H2,1-10H3;1-6,8-11H,12-13H2;1-3H,4H2;2*1H;/q-1;;-1;;;+2. The molecule has 0 heterocycles. The van der Waals surface area contributed by atoms with Gasteiger partial charge in [0.25, 0.3) is 0 Å². The Balaban J connectivity index is 0.000000321. The number of halogens is 2. The molecule has 0 saturated heterocycles. The van der Waals surface area contributed by atoms with Gasteiger partial charge in [0.2, 0.25) is 0 Å². The van der Waals surface area contributed by atoms with Crippen molar-refractivity contribution < 1.29 is 24.2 Å². The minimum atomic E-state index is 0. The zero-order valence-electron chi connectivity index (χ0n) is 40.0. The quantitative estimate of drug-likeness (QED) is 0.120. The van der Waals surface area contributed by atoms with E-state index in [2.05, 4.69) is 221 Å². The second kappa shape index (κ2) is 24.0. The fraction of sp³-hybridized carbons (Fsp3) is 0.311. The first kappa shape index (κ1) is 52.6. The van der Waals surface area contributed by atoms with E-state index in [0.29, 0.717) is 11.8 Å². The number of hydrogen-bond acceptors (Lipinski definition) is 0. The van der Waals surface area contributed by atoms with Gasteiger partial charge in [0.1, 0.15) is 0 Å². The summed E-state index contributed by atoms with van der Waals surface area (Å²) in [4.78, 5) is 0. The molecule has 64 heavy (non-hydrogen) atoms. The van der Waals surface area contributed by atoms with Crippen molar-refractivity contribution in [2.75, 3.05) is 0 Å². The molecule has 0 nitrogen and oxygen atoms in total. The predicted octanol–water partition coefficient (Wildman–Crippen LogP) is 18.0. The van der Waals surface area contributed by atoms with Crippen molar-refractivity contribution in [1.29, 1.82) is 0 Å². The third-order valence-electron chi connectivity index (χ3n) is 12.5. The SMILES string of the molecule is CCC(C)c1ccccc1-c1cc2[cH-]c3cc(-c4ccccc4C(C)CC)c(C(C)(C)C)cc3c2cc1C(C)(C)C.Cl.Cl.[C-]1=CC=CC1.[Zr+2]=[C](Cc1ccccc1)Cc1ccccc1. The van der Waals surface area contributed by atoms with Gasteiger partial charge in [-0.15, -0.1) is 71.0 Å². The minimum absolute atomic E-state index is 0. The summed E-state index contributed by atoms with van der Waals surface area (Å²) in [5.41, 5.74) is 14.2. The van der Waals surface area contributed by atoms with E-state index >= 15 is 0 Å². The molecule has 0 fully saturated rings. The molecular formula is C61H70Cl2Zr. The predicted molar refractivity (Wildman–Crippen MR) is 284 cm³/mol. The first-order chi connectivity index (χ1) is 29.7. The number of fused-ring (bicyclic) bond motifs is 3. The van der Waals surface area contributed by atoms with Gasteiger partial charge in [0.05, 0.1) is 0 Å². The summed E-state index contributed by atoms with van der Waals surface area (Å²) in [5, 5.41) is 5.44. The third-order valence-corrected chi connectivity index (χ3v) is 13.4. The molecule has 332 valence electrons. The number of hydrogen-bond donors (Lipinski definition) is 0. The van der Waals surface area contributed by atoms with E-state index in [1.165, 1.54) is 77.2 Å². The number of benzene rings is 6. The Labute approximate surface area is 414 Å². The van der Waals surface area contributed by atoms with Crippen molar-refractivity contribution in [3.63, 3.8) is 0 Å². The zero-order valence-corrected chi connectivity index (χ0v) is 44.1. The molecule has 7 aromatic rings. The van der Waals surface area contributed by atoms with Crippen LogP contribution < -0.4 is 0 Å². The van der Waals surface area contributed by atoms with E-state index in [1.54, 1.807) is 27.4 Å². The van der Waals surface area contributed by atoms with Crippen LogP contribution in [0.2, 0.25) is 0 Å². The molecule has 0 spiro atoms. The topological polar surface area (TPSA) is 0 Å². The molecule has 0 aliphatic heterocycles.